The van der Waals surface area contributed by atoms with Crippen LogP contribution >= 0.6 is 0 Å². The van der Waals surface area contributed by atoms with Crippen molar-refractivity contribution in [2.24, 2.45) is 5.92 Å². The molecule has 140 valence electrons. The van der Waals surface area contributed by atoms with Gasteiger partial charge in [0.2, 0.25) is 0 Å². The van der Waals surface area contributed by atoms with Crippen molar-refractivity contribution in [1.82, 2.24) is 5.32 Å². The summed E-state index contributed by atoms with van der Waals surface area (Å²) in [5, 5.41) is 2.41. The molecule has 0 heterocycles. The normalized spacial score (nSPS) is 13.6. The van der Waals surface area contributed by atoms with Gasteiger partial charge in [0.15, 0.2) is 0 Å². The Hall–Kier alpha value is -1.86. The number of carbonyl (C=O) groups is 3. The lowest BCUT2D eigenvalue weighted by atomic mass is 9.94. The average molecular weight is 349 g/mol. The number of alkyl carbamates (subject to hydrolysis) is 1. The van der Waals surface area contributed by atoms with Crippen LogP contribution in [-0.2, 0) is 23.8 Å². The summed E-state index contributed by atoms with van der Waals surface area (Å²) in [6, 6.07) is -1.06. The van der Waals surface area contributed by atoms with Gasteiger partial charge in [-0.15, -0.1) is 0 Å². The first-order chi connectivity index (χ1) is 11.1. The van der Waals surface area contributed by atoms with Gasteiger partial charge < -0.3 is 19.5 Å². The van der Waals surface area contributed by atoms with Gasteiger partial charge in [-0.3, -0.25) is 9.18 Å². The summed E-state index contributed by atoms with van der Waals surface area (Å²) in [6.45, 7) is 4.58. The van der Waals surface area contributed by atoms with Gasteiger partial charge in [0.05, 0.1) is 26.8 Å². The number of unbranched alkanes of at least 4 members (excludes halogenated alkanes) is 1. The van der Waals surface area contributed by atoms with Crippen molar-refractivity contribution >= 4 is 18.0 Å². The number of halogens is 1. The van der Waals surface area contributed by atoms with E-state index in [2.05, 4.69) is 10.1 Å². The highest BCUT2D eigenvalue weighted by Crippen LogP contribution is 2.18. The zero-order chi connectivity index (χ0) is 18.8. The van der Waals surface area contributed by atoms with Crippen LogP contribution in [0.3, 0.4) is 0 Å². The second kappa shape index (κ2) is 10.8. The van der Waals surface area contributed by atoms with Gasteiger partial charge >= 0.3 is 18.0 Å². The predicted molar refractivity (Wildman–Crippen MR) is 85.1 cm³/mol. The molecule has 0 unspecified atom stereocenters. The lowest BCUT2D eigenvalue weighted by Gasteiger charge is -2.24. The summed E-state index contributed by atoms with van der Waals surface area (Å²) >= 11 is 0. The molecule has 1 N–H and O–H groups in total. The maximum Gasteiger partial charge on any atom is 0.408 e. The highest BCUT2D eigenvalue weighted by atomic mass is 19.1. The molecule has 0 saturated heterocycles. The van der Waals surface area contributed by atoms with Gasteiger partial charge in [-0.25, -0.2) is 9.59 Å². The molecule has 24 heavy (non-hydrogen) atoms. The molecule has 1 amide bonds. The van der Waals surface area contributed by atoms with E-state index in [1.54, 1.807) is 20.8 Å². The van der Waals surface area contributed by atoms with Gasteiger partial charge in [-0.1, -0.05) is 0 Å². The Morgan fingerprint density at radius 1 is 1.04 bits per heavy atom. The van der Waals surface area contributed by atoms with E-state index in [0.29, 0.717) is 19.3 Å². The molecule has 0 aliphatic rings. The first-order valence-electron chi connectivity index (χ1n) is 7.85. The molecule has 7 nitrogen and oxygen atoms in total. The van der Waals surface area contributed by atoms with Crippen molar-refractivity contribution < 1.29 is 33.0 Å². The quantitative estimate of drug-likeness (QED) is 0.390. The summed E-state index contributed by atoms with van der Waals surface area (Å²) in [5.41, 5.74) is -0.729. The number of carbonyl (C=O) groups excluding carboxylic acids is 3. The number of esters is 2. The van der Waals surface area contributed by atoms with E-state index in [0.717, 1.165) is 0 Å². The third-order valence-electron chi connectivity index (χ3n) is 3.17. The van der Waals surface area contributed by atoms with Crippen LogP contribution in [0.1, 0.15) is 46.5 Å². The van der Waals surface area contributed by atoms with Gasteiger partial charge in [0.1, 0.15) is 11.6 Å². The van der Waals surface area contributed by atoms with Gasteiger partial charge in [-0.2, -0.15) is 0 Å². The lowest BCUT2D eigenvalue weighted by Crippen LogP contribution is -2.45. The SMILES string of the molecule is COC(=O)[C@@H](CCCCF)C[C@H](NC(=O)OC(C)(C)C)C(=O)OC. The average Bonchev–Trinajstić information content (AvgIpc) is 2.49. The largest absolute Gasteiger partial charge is 0.469 e. The first kappa shape index (κ1) is 22.1. The molecule has 0 aromatic heterocycles. The predicted octanol–water partition coefficient (Wildman–Crippen LogP) is 2.37. The molecule has 0 saturated carbocycles. The van der Waals surface area contributed by atoms with Crippen LogP contribution in [0.5, 0.6) is 0 Å². The third-order valence-corrected chi connectivity index (χ3v) is 3.17. The maximum atomic E-state index is 12.2. The van der Waals surface area contributed by atoms with Crippen LogP contribution < -0.4 is 5.32 Å². The fraction of sp³-hybridized carbons (Fsp3) is 0.812. The topological polar surface area (TPSA) is 90.9 Å². The van der Waals surface area contributed by atoms with Crippen LogP contribution in [0, 0.1) is 5.92 Å². The number of hydrogen-bond acceptors (Lipinski definition) is 6. The summed E-state index contributed by atoms with van der Waals surface area (Å²) in [4.78, 5) is 35.6. The molecule has 8 heteroatoms. The molecule has 0 rings (SSSR count). The Morgan fingerprint density at radius 2 is 1.62 bits per heavy atom. The number of methoxy groups -OCH3 is 2. The Labute approximate surface area is 142 Å². The third kappa shape index (κ3) is 9.32. The molecule has 0 spiro atoms. The second-order valence-electron chi connectivity index (χ2n) is 6.36. The minimum Gasteiger partial charge on any atom is -0.469 e. The number of amides is 1. The molecule has 0 aliphatic heterocycles. The molecule has 0 aromatic carbocycles. The smallest absolute Gasteiger partial charge is 0.408 e. The van der Waals surface area contributed by atoms with E-state index in [-0.39, 0.29) is 6.42 Å². The Morgan fingerprint density at radius 3 is 2.08 bits per heavy atom. The first-order valence-corrected chi connectivity index (χ1v) is 7.85. The molecule has 2 atom stereocenters. The molecular formula is C16H28FNO6. The Bertz CT molecular complexity index is 421. The van der Waals surface area contributed by atoms with E-state index >= 15 is 0 Å². The number of rotatable bonds is 9. The molecule has 0 bridgehead atoms. The fourth-order valence-corrected chi connectivity index (χ4v) is 2.07. The van der Waals surface area contributed by atoms with E-state index in [1.165, 1.54) is 14.2 Å². The van der Waals surface area contributed by atoms with Gasteiger partial charge in [-0.05, 0) is 46.5 Å². The monoisotopic (exact) mass is 349 g/mol. The zero-order valence-electron chi connectivity index (χ0n) is 15.0. The zero-order valence-corrected chi connectivity index (χ0v) is 15.0. The summed E-state index contributed by atoms with van der Waals surface area (Å²) in [7, 11) is 2.42. The fourth-order valence-electron chi connectivity index (χ4n) is 2.07. The maximum absolute atomic E-state index is 12.2. The van der Waals surface area contributed by atoms with Crippen LogP contribution in [0.25, 0.3) is 0 Å². The number of nitrogens with one attached hydrogen (secondary N) is 1. The minimum atomic E-state index is -1.06. The Balaban J connectivity index is 4.96. The lowest BCUT2D eigenvalue weighted by molar-refractivity contribution is -0.148. The van der Waals surface area contributed by atoms with Crippen molar-refractivity contribution in [2.45, 2.75) is 58.1 Å². The number of ether oxygens (including phenoxy) is 3. The van der Waals surface area contributed by atoms with E-state index in [9.17, 15) is 18.8 Å². The summed E-state index contributed by atoms with van der Waals surface area (Å²) < 4.78 is 26.7. The number of hydrogen-bond donors (Lipinski definition) is 1. The van der Waals surface area contributed by atoms with E-state index in [1.807, 2.05) is 0 Å². The summed E-state index contributed by atoms with van der Waals surface area (Å²) in [5.74, 6) is -1.87. The highest BCUT2D eigenvalue weighted by molar-refractivity contribution is 5.82. The van der Waals surface area contributed by atoms with Crippen molar-refractivity contribution in [1.29, 1.82) is 0 Å². The second-order valence-corrected chi connectivity index (χ2v) is 6.36. The van der Waals surface area contributed by atoms with Crippen molar-refractivity contribution in [3.8, 4) is 0 Å². The standard InChI is InChI=1S/C16H28FNO6/c1-16(2,3)24-15(21)18-12(14(20)23-5)10-11(13(19)22-4)8-6-7-9-17/h11-12H,6-10H2,1-5H3,(H,18,21)/t11-,12-/m0/s1. The number of alkyl halides is 1. The van der Waals surface area contributed by atoms with Crippen LogP contribution in [0.15, 0.2) is 0 Å². The van der Waals surface area contributed by atoms with Crippen molar-refractivity contribution in [3.63, 3.8) is 0 Å². The molecule has 0 fully saturated rings. The minimum absolute atomic E-state index is 0.00905. The van der Waals surface area contributed by atoms with E-state index in [4.69, 9.17) is 9.47 Å². The van der Waals surface area contributed by atoms with E-state index < -0.39 is 42.3 Å². The molecule has 0 radical (unpaired) electrons. The summed E-state index contributed by atoms with van der Waals surface area (Å²) in [6.07, 6.45) is 0.336. The van der Waals surface area contributed by atoms with Crippen molar-refractivity contribution in [2.75, 3.05) is 20.9 Å². The van der Waals surface area contributed by atoms with Crippen LogP contribution in [0.2, 0.25) is 0 Å². The highest BCUT2D eigenvalue weighted by Gasteiger charge is 2.31. The van der Waals surface area contributed by atoms with Crippen LogP contribution in [-0.4, -0.2) is 50.6 Å². The van der Waals surface area contributed by atoms with Gasteiger partial charge in [0.25, 0.3) is 0 Å². The van der Waals surface area contributed by atoms with Crippen molar-refractivity contribution in [3.05, 3.63) is 0 Å². The molecule has 0 aliphatic carbocycles. The molecular weight excluding hydrogens is 321 g/mol. The van der Waals surface area contributed by atoms with Gasteiger partial charge in [0, 0.05) is 0 Å². The van der Waals surface area contributed by atoms with Crippen LogP contribution in [0.4, 0.5) is 9.18 Å². The Kier molecular flexibility index (Phi) is 9.99. The molecule has 0 aromatic rings.